The Labute approximate surface area is 432 Å². The van der Waals surface area contributed by atoms with E-state index >= 15 is 0 Å². The van der Waals surface area contributed by atoms with E-state index in [-0.39, 0.29) is 22.7 Å². The number of fused-ring (bicyclic) bond motifs is 6. The lowest BCUT2D eigenvalue weighted by Gasteiger charge is -2.42. The standard InChI is InChI=1S/C70H50N4/c1-69(2)55-29-15-13-25-49(55)65-51(27-17-31-57(65)69)61-39-59(71-67(73-61)41-19-7-5-8-20-41)43-33-35-47-53(37-43)63-45-23-11-12-24-46(45)64(47)54-38-44(34-36-48(54)63)60-40-62(74-68(72-60)42-21-9-6-10-22-42)52-28-18-32-58-66(52)50-26-14-16-30-56(50)70(58,3)4/h5-40,63-64H,1-4H3. The van der Waals surface area contributed by atoms with Crippen molar-refractivity contribution >= 4 is 0 Å². The predicted octanol–water partition coefficient (Wildman–Crippen LogP) is 16.9. The fourth-order valence-electron chi connectivity index (χ4n) is 13.4. The van der Waals surface area contributed by atoms with Crippen molar-refractivity contribution in [3.8, 4) is 90.1 Å². The summed E-state index contributed by atoms with van der Waals surface area (Å²) in [4.78, 5) is 21.5. The van der Waals surface area contributed by atoms with Crippen molar-refractivity contribution in [3.63, 3.8) is 0 Å². The first-order valence-corrected chi connectivity index (χ1v) is 25.9. The number of aromatic nitrogens is 4. The first-order valence-electron chi connectivity index (χ1n) is 25.9. The van der Waals surface area contributed by atoms with Gasteiger partial charge in [-0.2, -0.15) is 0 Å². The maximum atomic E-state index is 5.38. The highest BCUT2D eigenvalue weighted by Crippen LogP contribution is 2.58. The third-order valence-electron chi connectivity index (χ3n) is 16.9. The molecular formula is C70H50N4. The maximum Gasteiger partial charge on any atom is 0.160 e. The van der Waals surface area contributed by atoms with Crippen LogP contribution in [0.1, 0.15) is 95.2 Å². The Kier molecular flexibility index (Phi) is 9.15. The van der Waals surface area contributed by atoms with Gasteiger partial charge in [-0.1, -0.05) is 222 Å². The highest BCUT2D eigenvalue weighted by Gasteiger charge is 2.42. The maximum absolute atomic E-state index is 5.38. The monoisotopic (exact) mass is 946 g/mol. The minimum Gasteiger partial charge on any atom is -0.228 e. The van der Waals surface area contributed by atoms with Crippen LogP contribution in [0.5, 0.6) is 0 Å². The van der Waals surface area contributed by atoms with E-state index in [2.05, 4.69) is 246 Å². The molecule has 0 amide bonds. The molecule has 74 heavy (non-hydrogen) atoms. The van der Waals surface area contributed by atoms with Crippen LogP contribution in [0.15, 0.2) is 218 Å². The molecule has 2 bridgehead atoms. The minimum atomic E-state index is -0.124. The van der Waals surface area contributed by atoms with Crippen molar-refractivity contribution in [2.24, 2.45) is 0 Å². The molecule has 11 aromatic rings. The fraction of sp³-hybridized carbons (Fsp3) is 0.114. The Balaban J connectivity index is 0.871. The molecule has 5 aliphatic carbocycles. The molecule has 0 fully saturated rings. The Morgan fingerprint density at radius 2 is 0.622 bits per heavy atom. The topological polar surface area (TPSA) is 51.6 Å². The van der Waals surface area contributed by atoms with Crippen LogP contribution in [0.2, 0.25) is 0 Å². The first-order chi connectivity index (χ1) is 36.2. The van der Waals surface area contributed by atoms with E-state index in [1.807, 2.05) is 0 Å². The Morgan fingerprint density at radius 3 is 1.07 bits per heavy atom. The lowest BCUT2D eigenvalue weighted by Crippen LogP contribution is -2.27. The summed E-state index contributed by atoms with van der Waals surface area (Å²) in [5, 5.41) is 0. The van der Waals surface area contributed by atoms with Crippen molar-refractivity contribution < 1.29 is 0 Å². The molecule has 4 nitrogen and oxygen atoms in total. The molecule has 2 atom stereocenters. The van der Waals surface area contributed by atoms with Gasteiger partial charge in [-0.25, -0.2) is 19.9 Å². The van der Waals surface area contributed by atoms with Crippen molar-refractivity contribution in [3.05, 3.63) is 274 Å². The summed E-state index contributed by atoms with van der Waals surface area (Å²) in [6, 6.07) is 79.7. The van der Waals surface area contributed by atoms with Crippen molar-refractivity contribution in [2.45, 2.75) is 50.4 Å². The van der Waals surface area contributed by atoms with Gasteiger partial charge < -0.3 is 0 Å². The van der Waals surface area contributed by atoms with Gasteiger partial charge >= 0.3 is 0 Å². The molecule has 0 saturated carbocycles. The normalized spacial score (nSPS) is 16.3. The van der Waals surface area contributed by atoms with Gasteiger partial charge in [0.25, 0.3) is 0 Å². The van der Waals surface area contributed by atoms with E-state index in [1.165, 1.54) is 77.9 Å². The molecule has 5 aliphatic rings. The molecule has 0 aliphatic heterocycles. The first kappa shape index (κ1) is 42.8. The summed E-state index contributed by atoms with van der Waals surface area (Å²) >= 11 is 0. The zero-order valence-electron chi connectivity index (χ0n) is 41.7. The molecule has 9 aromatic carbocycles. The average Bonchev–Trinajstić information content (AvgIpc) is 3.84. The molecule has 4 heteroatoms. The second-order valence-corrected chi connectivity index (χ2v) is 21.6. The van der Waals surface area contributed by atoms with E-state index < -0.39 is 0 Å². The van der Waals surface area contributed by atoms with Gasteiger partial charge in [0.2, 0.25) is 0 Å². The van der Waals surface area contributed by atoms with Crippen LogP contribution in [-0.2, 0) is 10.8 Å². The van der Waals surface area contributed by atoms with Crippen molar-refractivity contribution in [1.82, 2.24) is 19.9 Å². The van der Waals surface area contributed by atoms with E-state index in [1.54, 1.807) is 0 Å². The largest absolute Gasteiger partial charge is 0.228 e. The van der Waals surface area contributed by atoms with E-state index in [0.29, 0.717) is 0 Å². The molecule has 0 radical (unpaired) electrons. The van der Waals surface area contributed by atoms with E-state index in [0.717, 1.165) is 67.8 Å². The molecule has 0 saturated heterocycles. The Morgan fingerprint density at radius 1 is 0.270 bits per heavy atom. The summed E-state index contributed by atoms with van der Waals surface area (Å²) in [5.74, 6) is 1.55. The Hall–Kier alpha value is -8.86. The summed E-state index contributed by atoms with van der Waals surface area (Å²) in [7, 11) is 0. The number of hydrogen-bond donors (Lipinski definition) is 0. The number of benzene rings is 9. The van der Waals surface area contributed by atoms with Crippen LogP contribution in [0.25, 0.3) is 90.1 Å². The molecular weight excluding hydrogens is 897 g/mol. The third kappa shape index (κ3) is 6.21. The van der Waals surface area contributed by atoms with E-state index in [4.69, 9.17) is 19.9 Å². The minimum absolute atomic E-state index is 0.0531. The van der Waals surface area contributed by atoms with Crippen LogP contribution in [-0.4, -0.2) is 19.9 Å². The molecule has 2 unspecified atom stereocenters. The molecule has 16 rings (SSSR count). The third-order valence-corrected chi connectivity index (χ3v) is 16.9. The van der Waals surface area contributed by atoms with Gasteiger partial charge in [0.15, 0.2) is 11.6 Å². The van der Waals surface area contributed by atoms with Crippen LogP contribution in [0.3, 0.4) is 0 Å². The fourth-order valence-corrected chi connectivity index (χ4v) is 13.4. The second-order valence-electron chi connectivity index (χ2n) is 21.6. The van der Waals surface area contributed by atoms with Gasteiger partial charge in [0.05, 0.1) is 22.8 Å². The van der Waals surface area contributed by atoms with Crippen LogP contribution in [0, 0.1) is 0 Å². The Bertz CT molecular complexity index is 3880. The number of nitrogens with zero attached hydrogens (tertiary/aromatic N) is 4. The number of hydrogen-bond acceptors (Lipinski definition) is 4. The van der Waals surface area contributed by atoms with Crippen LogP contribution >= 0.6 is 0 Å². The molecule has 2 aromatic heterocycles. The summed E-state index contributed by atoms with van der Waals surface area (Å²) < 4.78 is 0. The highest BCUT2D eigenvalue weighted by molar-refractivity contribution is 5.94. The lowest BCUT2D eigenvalue weighted by molar-refractivity contribution is 0.660. The smallest absolute Gasteiger partial charge is 0.160 e. The zero-order valence-corrected chi connectivity index (χ0v) is 41.7. The van der Waals surface area contributed by atoms with Crippen LogP contribution < -0.4 is 0 Å². The highest BCUT2D eigenvalue weighted by atomic mass is 14.9. The van der Waals surface area contributed by atoms with Gasteiger partial charge in [0, 0.05) is 56.0 Å². The second kappa shape index (κ2) is 15.8. The van der Waals surface area contributed by atoms with Gasteiger partial charge in [-0.3, -0.25) is 0 Å². The molecule has 350 valence electrons. The molecule has 0 N–H and O–H groups in total. The average molecular weight is 947 g/mol. The lowest BCUT2D eigenvalue weighted by atomic mass is 9.60. The number of rotatable bonds is 6. The predicted molar refractivity (Wildman–Crippen MR) is 300 cm³/mol. The van der Waals surface area contributed by atoms with Gasteiger partial charge in [0.1, 0.15) is 0 Å². The summed E-state index contributed by atoms with van der Waals surface area (Å²) in [6.45, 7) is 9.35. The molecule has 2 heterocycles. The zero-order chi connectivity index (χ0) is 49.5. The van der Waals surface area contributed by atoms with Gasteiger partial charge in [-0.15, -0.1) is 0 Å². The molecule has 0 spiro atoms. The summed E-state index contributed by atoms with van der Waals surface area (Å²) in [6.07, 6.45) is 0. The SMILES string of the molecule is CC1(C)c2ccccc2-c2c(-c3cc(-c4ccc5c(c4)C4c6ccccc6C5c5cc(-c6cc(-c7cccc8c7-c7ccccc7C8(C)C)nc(-c7ccccc7)n6)ccc54)nc(-c4ccccc4)n3)cccc21. The summed E-state index contributed by atoms with van der Waals surface area (Å²) in [5.41, 5.74) is 28.4. The van der Waals surface area contributed by atoms with E-state index in [9.17, 15) is 0 Å². The van der Waals surface area contributed by atoms with Crippen molar-refractivity contribution in [2.75, 3.05) is 0 Å². The van der Waals surface area contributed by atoms with Gasteiger partial charge in [-0.05, 0) is 102 Å². The van der Waals surface area contributed by atoms with Crippen LogP contribution in [0.4, 0.5) is 0 Å². The van der Waals surface area contributed by atoms with Crippen molar-refractivity contribution in [1.29, 1.82) is 0 Å². The quantitative estimate of drug-likeness (QED) is 0.167.